The quantitative estimate of drug-likeness (QED) is 0.761. The Balaban J connectivity index is 2.65. The molecule has 19 heavy (non-hydrogen) atoms. The van der Waals surface area contributed by atoms with E-state index in [1.807, 2.05) is 13.8 Å². The molecule has 0 saturated carbocycles. The van der Waals surface area contributed by atoms with Crippen molar-refractivity contribution in [1.29, 1.82) is 0 Å². The normalized spacial score (nSPS) is 10.6. The summed E-state index contributed by atoms with van der Waals surface area (Å²) in [6.45, 7) is 8.36. The summed E-state index contributed by atoms with van der Waals surface area (Å²) >= 11 is 0. The van der Waals surface area contributed by atoms with E-state index in [4.69, 9.17) is 4.74 Å². The molecule has 106 valence electrons. The van der Waals surface area contributed by atoms with Crippen LogP contribution in [0.3, 0.4) is 0 Å². The fraction of sp³-hybridized carbons (Fsp3) is 0.667. The van der Waals surface area contributed by atoms with E-state index in [1.54, 1.807) is 13.8 Å². The largest absolute Gasteiger partial charge is 0.461 e. The zero-order valence-corrected chi connectivity index (χ0v) is 11.8. The predicted octanol–water partition coefficient (Wildman–Crippen LogP) is 0.535. The number of nitrogens with one attached hydrogen (secondary N) is 1. The van der Waals surface area contributed by atoms with Crippen molar-refractivity contribution in [3.05, 3.63) is 11.4 Å². The van der Waals surface area contributed by atoms with Crippen LogP contribution >= 0.6 is 0 Å². The van der Waals surface area contributed by atoms with E-state index in [9.17, 15) is 9.59 Å². The summed E-state index contributed by atoms with van der Waals surface area (Å²) in [6, 6.07) is 0. The lowest BCUT2D eigenvalue weighted by molar-refractivity contribution is -0.122. The van der Waals surface area contributed by atoms with E-state index in [2.05, 4.69) is 15.6 Å². The number of esters is 1. The smallest absolute Gasteiger partial charge is 0.360 e. The fourth-order valence-corrected chi connectivity index (χ4v) is 1.41. The highest BCUT2D eigenvalue weighted by Crippen LogP contribution is 2.05. The second-order valence-electron chi connectivity index (χ2n) is 4.60. The van der Waals surface area contributed by atoms with Crippen molar-refractivity contribution in [2.75, 3.05) is 13.2 Å². The van der Waals surface area contributed by atoms with Crippen LogP contribution in [-0.4, -0.2) is 40.0 Å². The third-order valence-electron chi connectivity index (χ3n) is 2.45. The van der Waals surface area contributed by atoms with Gasteiger partial charge in [0, 0.05) is 6.54 Å². The predicted molar refractivity (Wildman–Crippen MR) is 68.6 cm³/mol. The van der Waals surface area contributed by atoms with E-state index in [0.29, 0.717) is 18.2 Å². The molecule has 0 atom stereocenters. The molecule has 0 spiro atoms. The second kappa shape index (κ2) is 6.86. The zero-order chi connectivity index (χ0) is 14.4. The maximum atomic E-state index is 11.7. The highest BCUT2D eigenvalue weighted by atomic mass is 16.5. The van der Waals surface area contributed by atoms with Crippen molar-refractivity contribution in [3.8, 4) is 0 Å². The Morgan fingerprint density at radius 2 is 2.11 bits per heavy atom. The van der Waals surface area contributed by atoms with E-state index >= 15 is 0 Å². The van der Waals surface area contributed by atoms with Gasteiger partial charge in [0.25, 0.3) is 0 Å². The maximum absolute atomic E-state index is 11.7. The van der Waals surface area contributed by atoms with Gasteiger partial charge in [0.2, 0.25) is 5.91 Å². The molecule has 0 unspecified atom stereocenters. The number of hydrogen-bond acceptors (Lipinski definition) is 5. The summed E-state index contributed by atoms with van der Waals surface area (Å²) in [6.07, 6.45) is 0. The monoisotopic (exact) mass is 268 g/mol. The number of ether oxygens (including phenoxy) is 1. The summed E-state index contributed by atoms with van der Waals surface area (Å²) in [7, 11) is 0. The van der Waals surface area contributed by atoms with Crippen LogP contribution in [0.15, 0.2) is 0 Å². The maximum Gasteiger partial charge on any atom is 0.360 e. The minimum atomic E-state index is -0.520. The van der Waals surface area contributed by atoms with Crippen molar-refractivity contribution in [2.24, 2.45) is 5.92 Å². The third kappa shape index (κ3) is 4.35. The molecule has 7 heteroatoms. The Labute approximate surface area is 112 Å². The van der Waals surface area contributed by atoms with Crippen LogP contribution in [-0.2, 0) is 16.1 Å². The van der Waals surface area contributed by atoms with E-state index < -0.39 is 5.97 Å². The van der Waals surface area contributed by atoms with Gasteiger partial charge in [-0.25, -0.2) is 9.48 Å². The number of rotatable bonds is 6. The topological polar surface area (TPSA) is 86.1 Å². The summed E-state index contributed by atoms with van der Waals surface area (Å²) in [5.41, 5.74) is 0.677. The molecule has 0 aliphatic rings. The first kappa shape index (κ1) is 15.1. The van der Waals surface area contributed by atoms with Crippen molar-refractivity contribution in [1.82, 2.24) is 20.3 Å². The molecule has 1 amide bonds. The molecule has 0 aromatic carbocycles. The van der Waals surface area contributed by atoms with Crippen LogP contribution in [0.5, 0.6) is 0 Å². The molecule has 1 heterocycles. The highest BCUT2D eigenvalue weighted by Gasteiger charge is 2.18. The van der Waals surface area contributed by atoms with Gasteiger partial charge in [-0.05, 0) is 19.8 Å². The van der Waals surface area contributed by atoms with E-state index in [-0.39, 0.29) is 24.8 Å². The number of amides is 1. The average Bonchev–Trinajstić information content (AvgIpc) is 2.69. The summed E-state index contributed by atoms with van der Waals surface area (Å²) in [5.74, 6) is -0.290. The van der Waals surface area contributed by atoms with Gasteiger partial charge in [-0.3, -0.25) is 4.79 Å². The molecule has 0 aliphatic heterocycles. The van der Waals surface area contributed by atoms with Crippen molar-refractivity contribution in [3.63, 3.8) is 0 Å². The molecule has 1 aromatic heterocycles. The van der Waals surface area contributed by atoms with Gasteiger partial charge < -0.3 is 10.1 Å². The standard InChI is InChI=1S/C12H20N4O3/c1-5-19-12(18)11-9(4)16(15-14-11)7-10(17)13-6-8(2)3/h8H,5-7H2,1-4H3,(H,13,17). The molecular formula is C12H20N4O3. The Bertz CT molecular complexity index is 454. The number of nitrogens with zero attached hydrogens (tertiary/aromatic N) is 3. The minimum absolute atomic E-state index is 0.0466. The Kier molecular flexibility index (Phi) is 5.47. The molecular weight excluding hydrogens is 248 g/mol. The van der Waals surface area contributed by atoms with Gasteiger partial charge >= 0.3 is 5.97 Å². The molecule has 1 aromatic rings. The number of hydrogen-bond donors (Lipinski definition) is 1. The number of aromatic nitrogens is 3. The molecule has 1 N–H and O–H groups in total. The van der Waals surface area contributed by atoms with Crippen LogP contribution in [0.4, 0.5) is 0 Å². The van der Waals surface area contributed by atoms with Crippen molar-refractivity contribution in [2.45, 2.75) is 34.2 Å². The minimum Gasteiger partial charge on any atom is -0.461 e. The summed E-state index contributed by atoms with van der Waals surface area (Å²) < 4.78 is 6.24. The number of carbonyl (C=O) groups is 2. The summed E-state index contributed by atoms with van der Waals surface area (Å²) in [4.78, 5) is 23.2. The Morgan fingerprint density at radius 1 is 1.42 bits per heavy atom. The lowest BCUT2D eigenvalue weighted by Crippen LogP contribution is -2.31. The third-order valence-corrected chi connectivity index (χ3v) is 2.45. The average molecular weight is 268 g/mol. The second-order valence-corrected chi connectivity index (χ2v) is 4.60. The lowest BCUT2D eigenvalue weighted by Gasteiger charge is -2.08. The van der Waals surface area contributed by atoms with E-state index in [1.165, 1.54) is 4.68 Å². The first-order valence-corrected chi connectivity index (χ1v) is 6.29. The van der Waals surface area contributed by atoms with Gasteiger partial charge in [0.15, 0.2) is 5.69 Å². The van der Waals surface area contributed by atoms with Gasteiger partial charge in [-0.15, -0.1) is 5.10 Å². The molecule has 0 aliphatic carbocycles. The molecule has 0 radical (unpaired) electrons. The zero-order valence-electron chi connectivity index (χ0n) is 11.8. The molecule has 0 saturated heterocycles. The Hall–Kier alpha value is -1.92. The van der Waals surface area contributed by atoms with Gasteiger partial charge in [0.05, 0.1) is 12.3 Å². The van der Waals surface area contributed by atoms with E-state index in [0.717, 1.165) is 0 Å². The molecule has 1 rings (SSSR count). The first-order chi connectivity index (χ1) is 8.95. The SMILES string of the molecule is CCOC(=O)c1nnn(CC(=O)NCC(C)C)c1C. The van der Waals surface area contributed by atoms with Crippen LogP contribution < -0.4 is 5.32 Å². The van der Waals surface area contributed by atoms with Crippen LogP contribution in [0.2, 0.25) is 0 Å². The number of carbonyl (C=O) groups excluding carboxylic acids is 2. The molecule has 0 bridgehead atoms. The molecule has 0 fully saturated rings. The van der Waals surface area contributed by atoms with Gasteiger partial charge in [-0.1, -0.05) is 19.1 Å². The van der Waals surface area contributed by atoms with Crippen LogP contribution in [0.25, 0.3) is 0 Å². The van der Waals surface area contributed by atoms with Crippen LogP contribution in [0, 0.1) is 12.8 Å². The Morgan fingerprint density at radius 3 is 2.68 bits per heavy atom. The van der Waals surface area contributed by atoms with Crippen LogP contribution in [0.1, 0.15) is 37.0 Å². The summed E-state index contributed by atoms with van der Waals surface area (Å²) in [5, 5.41) is 10.3. The molecule has 7 nitrogen and oxygen atoms in total. The van der Waals surface area contributed by atoms with Crippen molar-refractivity contribution >= 4 is 11.9 Å². The van der Waals surface area contributed by atoms with Gasteiger partial charge in [-0.2, -0.15) is 0 Å². The van der Waals surface area contributed by atoms with Gasteiger partial charge in [0.1, 0.15) is 6.54 Å². The lowest BCUT2D eigenvalue weighted by atomic mass is 10.2. The fourth-order valence-electron chi connectivity index (χ4n) is 1.41. The highest BCUT2D eigenvalue weighted by molar-refractivity contribution is 5.88. The first-order valence-electron chi connectivity index (χ1n) is 6.29. The van der Waals surface area contributed by atoms with Crippen molar-refractivity contribution < 1.29 is 14.3 Å².